The molecule has 2 aliphatic rings. The molecule has 1 amide bonds. The molecule has 2 saturated heterocycles. The van der Waals surface area contributed by atoms with E-state index < -0.39 is 21.2 Å². The normalized spacial score (nSPS) is 32.5. The van der Waals surface area contributed by atoms with Crippen LogP contribution in [0, 0.1) is 5.41 Å². The maximum atomic E-state index is 12.0. The summed E-state index contributed by atoms with van der Waals surface area (Å²) in [5.41, 5.74) is -0.850. The van der Waals surface area contributed by atoms with Crippen molar-refractivity contribution >= 4 is 33.5 Å². The third-order valence-corrected chi connectivity index (χ3v) is 7.24. The van der Waals surface area contributed by atoms with E-state index in [1.807, 2.05) is 0 Å². The largest absolute Gasteiger partial charge is 0.481 e. The minimum Gasteiger partial charge on any atom is -0.481 e. The Kier molecular flexibility index (Phi) is 4.34. The van der Waals surface area contributed by atoms with Crippen LogP contribution in [0.4, 0.5) is 0 Å². The zero-order valence-corrected chi connectivity index (χ0v) is 13.0. The zero-order chi connectivity index (χ0) is 15.0. The number of carboxylic acid groups (broad SMARTS) is 1. The lowest BCUT2D eigenvalue weighted by molar-refractivity contribution is -0.147. The van der Waals surface area contributed by atoms with Gasteiger partial charge in [0.1, 0.15) is 0 Å². The third kappa shape index (κ3) is 3.46. The number of hydrogen-bond donors (Lipinski definition) is 1. The second-order valence-corrected chi connectivity index (χ2v) is 9.28. The van der Waals surface area contributed by atoms with Gasteiger partial charge in [-0.25, -0.2) is 8.42 Å². The number of sulfone groups is 1. The fourth-order valence-corrected chi connectivity index (χ4v) is 6.07. The van der Waals surface area contributed by atoms with Crippen molar-refractivity contribution in [3.05, 3.63) is 0 Å². The first kappa shape index (κ1) is 15.6. The molecule has 6 nitrogen and oxygen atoms in total. The van der Waals surface area contributed by atoms with Crippen LogP contribution < -0.4 is 0 Å². The number of thioether (sulfide) groups is 1. The first-order valence-corrected chi connectivity index (χ1v) is 9.42. The second kappa shape index (κ2) is 5.55. The molecule has 8 heteroatoms. The minimum absolute atomic E-state index is 0.00240. The summed E-state index contributed by atoms with van der Waals surface area (Å²) in [6.07, 6.45) is 1.07. The minimum atomic E-state index is -2.92. The van der Waals surface area contributed by atoms with Crippen LogP contribution in [0.1, 0.15) is 19.8 Å². The van der Waals surface area contributed by atoms with Crippen molar-refractivity contribution in [2.75, 3.05) is 30.3 Å². The SMILES string of the molecule is CC1(C(=O)O)CCN(C(=O)CSC2CCS(=O)(=O)C2)C1. The molecule has 0 radical (unpaired) electrons. The maximum Gasteiger partial charge on any atom is 0.311 e. The van der Waals surface area contributed by atoms with Crippen LogP contribution in [0.5, 0.6) is 0 Å². The summed E-state index contributed by atoms with van der Waals surface area (Å²) in [5.74, 6) is -0.375. The Morgan fingerprint density at radius 2 is 2.15 bits per heavy atom. The number of likely N-dealkylation sites (tertiary alicyclic amines) is 1. The van der Waals surface area contributed by atoms with Crippen LogP contribution in [-0.2, 0) is 19.4 Å². The lowest BCUT2D eigenvalue weighted by Crippen LogP contribution is -2.36. The van der Waals surface area contributed by atoms with Gasteiger partial charge in [-0.15, -0.1) is 11.8 Å². The maximum absolute atomic E-state index is 12.0. The van der Waals surface area contributed by atoms with E-state index in [0.717, 1.165) is 0 Å². The molecule has 2 aliphatic heterocycles. The van der Waals surface area contributed by atoms with Crippen molar-refractivity contribution in [1.29, 1.82) is 0 Å². The summed E-state index contributed by atoms with van der Waals surface area (Å²) in [7, 11) is -2.92. The van der Waals surface area contributed by atoms with E-state index in [1.165, 1.54) is 11.8 Å². The van der Waals surface area contributed by atoms with Gasteiger partial charge >= 0.3 is 5.97 Å². The number of hydrogen-bond acceptors (Lipinski definition) is 5. The lowest BCUT2D eigenvalue weighted by Gasteiger charge is -2.20. The van der Waals surface area contributed by atoms with E-state index in [-0.39, 0.29) is 35.0 Å². The number of carbonyl (C=O) groups is 2. The highest BCUT2D eigenvalue weighted by atomic mass is 32.2. The Hall–Kier alpha value is -0.760. The quantitative estimate of drug-likeness (QED) is 0.797. The molecule has 2 atom stereocenters. The Balaban J connectivity index is 1.81. The van der Waals surface area contributed by atoms with E-state index in [4.69, 9.17) is 5.11 Å². The van der Waals surface area contributed by atoms with E-state index in [9.17, 15) is 18.0 Å². The van der Waals surface area contributed by atoms with Crippen LogP contribution in [0.15, 0.2) is 0 Å². The first-order valence-electron chi connectivity index (χ1n) is 6.55. The van der Waals surface area contributed by atoms with Gasteiger partial charge in [-0.1, -0.05) is 0 Å². The highest BCUT2D eigenvalue weighted by Crippen LogP contribution is 2.31. The number of rotatable bonds is 4. The van der Waals surface area contributed by atoms with Crippen molar-refractivity contribution < 1.29 is 23.1 Å². The van der Waals surface area contributed by atoms with Crippen molar-refractivity contribution in [1.82, 2.24) is 4.90 Å². The fraction of sp³-hybridized carbons (Fsp3) is 0.833. The number of amides is 1. The molecule has 2 fully saturated rings. The van der Waals surface area contributed by atoms with Gasteiger partial charge in [0.2, 0.25) is 5.91 Å². The van der Waals surface area contributed by atoms with E-state index >= 15 is 0 Å². The Morgan fingerprint density at radius 1 is 1.45 bits per heavy atom. The molecule has 2 heterocycles. The standard InChI is InChI=1S/C12H19NO5S2/c1-12(11(15)16)3-4-13(8-12)10(14)6-19-9-2-5-20(17,18)7-9/h9H,2-8H2,1H3,(H,15,16). The highest BCUT2D eigenvalue weighted by Gasteiger charge is 2.42. The van der Waals surface area contributed by atoms with Gasteiger partial charge in [-0.05, 0) is 19.8 Å². The van der Waals surface area contributed by atoms with Crippen LogP contribution in [0.2, 0.25) is 0 Å². The highest BCUT2D eigenvalue weighted by molar-refractivity contribution is 8.02. The van der Waals surface area contributed by atoms with Gasteiger partial charge in [-0.3, -0.25) is 9.59 Å². The van der Waals surface area contributed by atoms with E-state index in [1.54, 1.807) is 11.8 Å². The topological polar surface area (TPSA) is 91.8 Å². The summed E-state index contributed by atoms with van der Waals surface area (Å²) < 4.78 is 22.7. The predicted octanol–water partition coefficient (Wildman–Crippen LogP) is 0.230. The van der Waals surface area contributed by atoms with Crippen molar-refractivity contribution in [2.24, 2.45) is 5.41 Å². The summed E-state index contributed by atoms with van der Waals surface area (Å²) >= 11 is 1.37. The average molecular weight is 321 g/mol. The van der Waals surface area contributed by atoms with Crippen LogP contribution >= 0.6 is 11.8 Å². The lowest BCUT2D eigenvalue weighted by atomic mass is 9.90. The van der Waals surface area contributed by atoms with Crippen LogP contribution in [0.25, 0.3) is 0 Å². The van der Waals surface area contributed by atoms with Gasteiger partial charge < -0.3 is 10.0 Å². The molecule has 0 saturated carbocycles. The Morgan fingerprint density at radius 3 is 2.65 bits per heavy atom. The molecule has 2 rings (SSSR count). The molecule has 1 N–H and O–H groups in total. The molecule has 0 spiro atoms. The fourth-order valence-electron chi connectivity index (χ4n) is 2.52. The summed E-state index contributed by atoms with van der Waals surface area (Å²) in [5, 5.41) is 9.12. The van der Waals surface area contributed by atoms with Crippen LogP contribution in [-0.4, -0.2) is 65.9 Å². The molecule has 20 heavy (non-hydrogen) atoms. The van der Waals surface area contributed by atoms with Crippen molar-refractivity contribution in [3.8, 4) is 0 Å². The zero-order valence-electron chi connectivity index (χ0n) is 11.4. The molecule has 114 valence electrons. The monoisotopic (exact) mass is 321 g/mol. The van der Waals surface area contributed by atoms with Gasteiger partial charge in [0, 0.05) is 18.3 Å². The summed E-state index contributed by atoms with van der Waals surface area (Å²) in [4.78, 5) is 24.7. The molecule has 0 bridgehead atoms. The number of nitrogens with zero attached hydrogens (tertiary/aromatic N) is 1. The molecular formula is C12H19NO5S2. The van der Waals surface area contributed by atoms with Gasteiger partial charge in [0.05, 0.1) is 22.7 Å². The predicted molar refractivity (Wildman–Crippen MR) is 76.5 cm³/mol. The van der Waals surface area contributed by atoms with E-state index in [0.29, 0.717) is 19.4 Å². The molecule has 0 aliphatic carbocycles. The first-order chi connectivity index (χ1) is 9.22. The Bertz CT molecular complexity index is 518. The summed E-state index contributed by atoms with van der Waals surface area (Å²) in [6.45, 7) is 2.36. The second-order valence-electron chi connectivity index (χ2n) is 5.77. The molecular weight excluding hydrogens is 302 g/mol. The number of aliphatic carboxylic acids is 1. The van der Waals surface area contributed by atoms with E-state index in [2.05, 4.69) is 0 Å². The molecule has 2 unspecified atom stereocenters. The number of carboxylic acids is 1. The Labute approximate surface area is 122 Å². The molecule has 0 aromatic heterocycles. The number of carbonyl (C=O) groups excluding carboxylic acids is 1. The van der Waals surface area contributed by atoms with Crippen molar-refractivity contribution in [2.45, 2.75) is 25.0 Å². The van der Waals surface area contributed by atoms with Crippen molar-refractivity contribution in [3.63, 3.8) is 0 Å². The molecule has 0 aromatic rings. The van der Waals surface area contributed by atoms with Gasteiger partial charge in [0.15, 0.2) is 9.84 Å². The third-order valence-electron chi connectivity index (χ3n) is 3.98. The smallest absolute Gasteiger partial charge is 0.311 e. The van der Waals surface area contributed by atoms with Gasteiger partial charge in [-0.2, -0.15) is 0 Å². The average Bonchev–Trinajstić information content (AvgIpc) is 2.91. The van der Waals surface area contributed by atoms with Crippen LogP contribution in [0.3, 0.4) is 0 Å². The summed E-state index contributed by atoms with van der Waals surface area (Å²) in [6, 6.07) is 0. The van der Waals surface area contributed by atoms with Gasteiger partial charge in [0.25, 0.3) is 0 Å². The molecule has 0 aromatic carbocycles.